The van der Waals surface area contributed by atoms with Crippen molar-refractivity contribution in [2.45, 2.75) is 59.0 Å². The molecule has 1 fully saturated rings. The van der Waals surface area contributed by atoms with Crippen LogP contribution in [0.3, 0.4) is 0 Å². The summed E-state index contributed by atoms with van der Waals surface area (Å²) in [7, 11) is 1.83. The number of hydrogen-bond acceptors (Lipinski definition) is 1. The van der Waals surface area contributed by atoms with Crippen LogP contribution in [0.25, 0.3) is 0 Å². The highest BCUT2D eigenvalue weighted by molar-refractivity contribution is 4.71. The van der Waals surface area contributed by atoms with Crippen molar-refractivity contribution < 1.29 is 4.74 Å². The van der Waals surface area contributed by atoms with Gasteiger partial charge in [-0.2, -0.15) is 0 Å². The van der Waals surface area contributed by atoms with Crippen molar-refractivity contribution in [3.63, 3.8) is 0 Å². The van der Waals surface area contributed by atoms with Gasteiger partial charge >= 0.3 is 0 Å². The van der Waals surface area contributed by atoms with Gasteiger partial charge in [0.2, 0.25) is 0 Å². The molecule has 0 bridgehead atoms. The van der Waals surface area contributed by atoms with Gasteiger partial charge in [-0.25, -0.2) is 0 Å². The van der Waals surface area contributed by atoms with E-state index in [2.05, 4.69) is 20.8 Å². The van der Waals surface area contributed by atoms with Gasteiger partial charge in [0.05, 0.1) is 6.10 Å². The Bertz CT molecular complexity index is 91.0. The Morgan fingerprint density at radius 3 is 2.00 bits per heavy atom. The molecule has 1 heteroatoms. The lowest BCUT2D eigenvalue weighted by Gasteiger charge is -2.26. The van der Waals surface area contributed by atoms with E-state index in [1.807, 2.05) is 7.11 Å². The summed E-state index contributed by atoms with van der Waals surface area (Å²) < 4.78 is 5.30. The van der Waals surface area contributed by atoms with Crippen molar-refractivity contribution in [2.75, 3.05) is 7.11 Å². The first-order chi connectivity index (χ1) is 5.76. The monoisotopic (exact) mass is 172 g/mol. The molecule has 0 unspecified atom stereocenters. The SMILES string of the molecule is CCC.CO[C@H]1CCCC[C@@H]1C. The van der Waals surface area contributed by atoms with E-state index in [-0.39, 0.29) is 0 Å². The molecule has 0 aromatic carbocycles. The fourth-order valence-electron chi connectivity index (χ4n) is 1.63. The second-order valence-electron chi connectivity index (χ2n) is 3.74. The Morgan fingerprint density at radius 2 is 1.67 bits per heavy atom. The summed E-state index contributed by atoms with van der Waals surface area (Å²) in [4.78, 5) is 0. The quantitative estimate of drug-likeness (QED) is 0.587. The van der Waals surface area contributed by atoms with Crippen molar-refractivity contribution in [3.05, 3.63) is 0 Å². The van der Waals surface area contributed by atoms with Crippen LogP contribution in [0.4, 0.5) is 0 Å². The number of methoxy groups -OCH3 is 1. The van der Waals surface area contributed by atoms with Gasteiger partial charge < -0.3 is 4.74 Å². The van der Waals surface area contributed by atoms with Crippen LogP contribution >= 0.6 is 0 Å². The summed E-state index contributed by atoms with van der Waals surface area (Å²) in [6.45, 7) is 6.54. The molecule has 1 rings (SSSR count). The van der Waals surface area contributed by atoms with E-state index in [1.165, 1.54) is 32.1 Å². The van der Waals surface area contributed by atoms with Gasteiger partial charge in [0.25, 0.3) is 0 Å². The maximum absolute atomic E-state index is 5.30. The van der Waals surface area contributed by atoms with Crippen LogP contribution in [0.2, 0.25) is 0 Å². The third-order valence-electron chi connectivity index (χ3n) is 2.34. The van der Waals surface area contributed by atoms with Gasteiger partial charge in [0.15, 0.2) is 0 Å². The molecule has 1 aliphatic rings. The molecular formula is C11H24O. The van der Waals surface area contributed by atoms with Crippen molar-refractivity contribution >= 4 is 0 Å². The lowest BCUT2D eigenvalue weighted by atomic mass is 9.88. The van der Waals surface area contributed by atoms with Crippen LogP contribution in [0.1, 0.15) is 52.9 Å². The maximum Gasteiger partial charge on any atom is 0.0596 e. The molecule has 1 aliphatic carbocycles. The first-order valence-electron chi connectivity index (χ1n) is 5.29. The van der Waals surface area contributed by atoms with Crippen LogP contribution in [0.5, 0.6) is 0 Å². The molecule has 0 N–H and O–H groups in total. The first-order valence-corrected chi connectivity index (χ1v) is 5.29. The first kappa shape index (κ1) is 12.0. The van der Waals surface area contributed by atoms with E-state index in [0.29, 0.717) is 6.10 Å². The fraction of sp³-hybridized carbons (Fsp3) is 1.00. The largest absolute Gasteiger partial charge is 0.381 e. The van der Waals surface area contributed by atoms with Crippen molar-refractivity contribution in [3.8, 4) is 0 Å². The summed E-state index contributed by atoms with van der Waals surface area (Å²) in [6.07, 6.45) is 7.21. The van der Waals surface area contributed by atoms with Crippen molar-refractivity contribution in [1.82, 2.24) is 0 Å². The molecule has 0 saturated heterocycles. The number of rotatable bonds is 1. The highest BCUT2D eigenvalue weighted by atomic mass is 16.5. The molecule has 74 valence electrons. The van der Waals surface area contributed by atoms with E-state index in [4.69, 9.17) is 4.74 Å². The van der Waals surface area contributed by atoms with Gasteiger partial charge in [0, 0.05) is 7.11 Å². The van der Waals surface area contributed by atoms with Crippen molar-refractivity contribution in [2.24, 2.45) is 5.92 Å². The zero-order chi connectivity index (χ0) is 9.40. The minimum absolute atomic E-state index is 0.554. The zero-order valence-electron chi connectivity index (χ0n) is 9.10. The lowest BCUT2D eigenvalue weighted by Crippen LogP contribution is -2.23. The number of ether oxygens (including phenoxy) is 1. The minimum Gasteiger partial charge on any atom is -0.381 e. The molecule has 0 aromatic heterocycles. The predicted octanol–water partition coefficient (Wildman–Crippen LogP) is 3.63. The molecule has 0 amide bonds. The average molecular weight is 172 g/mol. The van der Waals surface area contributed by atoms with Gasteiger partial charge in [-0.15, -0.1) is 0 Å². The van der Waals surface area contributed by atoms with Crippen LogP contribution in [-0.4, -0.2) is 13.2 Å². The lowest BCUT2D eigenvalue weighted by molar-refractivity contribution is 0.0310. The topological polar surface area (TPSA) is 9.23 Å². The smallest absolute Gasteiger partial charge is 0.0596 e. The van der Waals surface area contributed by atoms with Gasteiger partial charge in [-0.05, 0) is 18.8 Å². The highest BCUT2D eigenvalue weighted by Gasteiger charge is 2.19. The Balaban J connectivity index is 0.000000354. The molecule has 1 nitrogen and oxygen atoms in total. The Kier molecular flexibility index (Phi) is 7.58. The fourth-order valence-corrected chi connectivity index (χ4v) is 1.63. The predicted molar refractivity (Wildman–Crippen MR) is 54.4 cm³/mol. The molecule has 2 atom stereocenters. The van der Waals surface area contributed by atoms with E-state index in [9.17, 15) is 0 Å². The Labute approximate surface area is 77.5 Å². The zero-order valence-corrected chi connectivity index (χ0v) is 9.10. The van der Waals surface area contributed by atoms with Crippen molar-refractivity contribution in [1.29, 1.82) is 0 Å². The third kappa shape index (κ3) is 4.76. The maximum atomic E-state index is 5.30. The van der Waals surface area contributed by atoms with Crippen LogP contribution in [0.15, 0.2) is 0 Å². The molecule has 12 heavy (non-hydrogen) atoms. The van der Waals surface area contributed by atoms with Gasteiger partial charge in [-0.3, -0.25) is 0 Å². The van der Waals surface area contributed by atoms with Gasteiger partial charge in [0.1, 0.15) is 0 Å². The summed E-state index contributed by atoms with van der Waals surface area (Å²) >= 11 is 0. The normalized spacial score (nSPS) is 29.0. The standard InChI is InChI=1S/C8H16O.C3H8/c1-7-5-3-4-6-8(7)9-2;1-3-2/h7-8H,3-6H2,1-2H3;3H2,1-2H3/t7-,8-;/m0./s1. The van der Waals surface area contributed by atoms with Gasteiger partial charge in [-0.1, -0.05) is 40.0 Å². The molecule has 0 radical (unpaired) electrons. The number of hydrogen-bond donors (Lipinski definition) is 0. The van der Waals surface area contributed by atoms with Crippen LogP contribution in [-0.2, 0) is 4.74 Å². The van der Waals surface area contributed by atoms with E-state index < -0.39 is 0 Å². The summed E-state index contributed by atoms with van der Waals surface area (Å²) in [5.41, 5.74) is 0. The summed E-state index contributed by atoms with van der Waals surface area (Å²) in [5, 5.41) is 0. The highest BCUT2D eigenvalue weighted by Crippen LogP contribution is 2.25. The third-order valence-corrected chi connectivity index (χ3v) is 2.34. The van der Waals surface area contributed by atoms with E-state index in [0.717, 1.165) is 5.92 Å². The Hall–Kier alpha value is -0.0400. The van der Waals surface area contributed by atoms with Crippen LogP contribution < -0.4 is 0 Å². The molecule has 0 heterocycles. The summed E-state index contributed by atoms with van der Waals surface area (Å²) in [5.74, 6) is 0.795. The second-order valence-corrected chi connectivity index (χ2v) is 3.74. The Morgan fingerprint density at radius 1 is 1.17 bits per heavy atom. The molecule has 0 aliphatic heterocycles. The molecular weight excluding hydrogens is 148 g/mol. The minimum atomic E-state index is 0.554. The molecule has 0 spiro atoms. The van der Waals surface area contributed by atoms with E-state index in [1.54, 1.807) is 0 Å². The average Bonchev–Trinajstić information content (AvgIpc) is 2.07. The summed E-state index contributed by atoms with van der Waals surface area (Å²) in [6, 6.07) is 0. The van der Waals surface area contributed by atoms with E-state index >= 15 is 0 Å². The molecule has 1 saturated carbocycles. The second kappa shape index (κ2) is 7.60. The van der Waals surface area contributed by atoms with Crippen LogP contribution in [0, 0.1) is 5.92 Å². The molecule has 0 aromatic rings.